The molecule has 0 radical (unpaired) electrons. The predicted molar refractivity (Wildman–Crippen MR) is 77.6 cm³/mol. The summed E-state index contributed by atoms with van der Waals surface area (Å²) >= 11 is 1.60. The molecule has 106 valence electrons. The number of furan rings is 1. The molecular formula is C15H16O4S. The normalized spacial score (nSPS) is 12.1. The molecule has 1 heterocycles. The Morgan fingerprint density at radius 1 is 1.40 bits per heavy atom. The first-order valence-electron chi connectivity index (χ1n) is 6.32. The number of carboxylic acid groups (broad SMARTS) is 1. The SMILES string of the molecule is CCOc1cccc(SC(C)c2ccc(C(=O)O)o2)c1. The van der Waals surface area contributed by atoms with Gasteiger partial charge in [-0.25, -0.2) is 4.79 Å². The molecule has 1 aromatic heterocycles. The molecule has 5 heteroatoms. The van der Waals surface area contributed by atoms with Crippen molar-refractivity contribution >= 4 is 17.7 Å². The van der Waals surface area contributed by atoms with Crippen LogP contribution in [0.25, 0.3) is 0 Å². The lowest BCUT2D eigenvalue weighted by molar-refractivity contribution is 0.0660. The summed E-state index contributed by atoms with van der Waals surface area (Å²) in [4.78, 5) is 11.8. The molecule has 2 aromatic rings. The van der Waals surface area contributed by atoms with Gasteiger partial charge in [-0.15, -0.1) is 11.8 Å². The highest BCUT2D eigenvalue weighted by atomic mass is 32.2. The highest BCUT2D eigenvalue weighted by Gasteiger charge is 2.15. The van der Waals surface area contributed by atoms with Gasteiger partial charge in [0.15, 0.2) is 0 Å². The van der Waals surface area contributed by atoms with Crippen LogP contribution in [0, 0.1) is 0 Å². The van der Waals surface area contributed by atoms with E-state index in [4.69, 9.17) is 14.3 Å². The van der Waals surface area contributed by atoms with E-state index in [1.54, 1.807) is 17.8 Å². The Morgan fingerprint density at radius 2 is 2.20 bits per heavy atom. The van der Waals surface area contributed by atoms with Crippen LogP contribution in [0.15, 0.2) is 45.7 Å². The number of ether oxygens (including phenoxy) is 1. The molecule has 0 fully saturated rings. The van der Waals surface area contributed by atoms with Crippen LogP contribution in [0.1, 0.15) is 35.4 Å². The van der Waals surface area contributed by atoms with E-state index >= 15 is 0 Å². The highest BCUT2D eigenvalue weighted by molar-refractivity contribution is 7.99. The maximum absolute atomic E-state index is 10.8. The molecule has 0 spiro atoms. The van der Waals surface area contributed by atoms with Gasteiger partial charge in [0.2, 0.25) is 5.76 Å². The quantitative estimate of drug-likeness (QED) is 0.807. The largest absolute Gasteiger partial charge is 0.494 e. The van der Waals surface area contributed by atoms with Crippen LogP contribution in [0.3, 0.4) is 0 Å². The summed E-state index contributed by atoms with van der Waals surface area (Å²) in [7, 11) is 0. The Kier molecular flexibility index (Phi) is 4.74. The van der Waals surface area contributed by atoms with Crippen molar-refractivity contribution in [3.63, 3.8) is 0 Å². The zero-order valence-electron chi connectivity index (χ0n) is 11.3. The molecule has 1 aromatic carbocycles. The van der Waals surface area contributed by atoms with E-state index in [9.17, 15) is 4.79 Å². The van der Waals surface area contributed by atoms with Crippen molar-refractivity contribution in [1.82, 2.24) is 0 Å². The van der Waals surface area contributed by atoms with Crippen LogP contribution in [-0.4, -0.2) is 17.7 Å². The molecule has 2 rings (SSSR count). The average Bonchev–Trinajstić information content (AvgIpc) is 2.89. The third-order valence-electron chi connectivity index (χ3n) is 2.67. The van der Waals surface area contributed by atoms with Crippen molar-refractivity contribution < 1.29 is 19.1 Å². The minimum atomic E-state index is -1.05. The first-order valence-corrected chi connectivity index (χ1v) is 7.20. The van der Waals surface area contributed by atoms with E-state index in [1.807, 2.05) is 38.1 Å². The third-order valence-corrected chi connectivity index (χ3v) is 3.78. The molecule has 1 N–H and O–H groups in total. The fourth-order valence-electron chi connectivity index (χ4n) is 1.75. The van der Waals surface area contributed by atoms with Gasteiger partial charge in [-0.1, -0.05) is 6.07 Å². The Labute approximate surface area is 121 Å². The maximum atomic E-state index is 10.8. The Balaban J connectivity index is 2.08. The first kappa shape index (κ1) is 14.5. The number of carboxylic acids is 1. The van der Waals surface area contributed by atoms with Gasteiger partial charge in [0, 0.05) is 4.90 Å². The smallest absolute Gasteiger partial charge is 0.371 e. The van der Waals surface area contributed by atoms with Crippen LogP contribution < -0.4 is 4.74 Å². The summed E-state index contributed by atoms with van der Waals surface area (Å²) in [5.41, 5.74) is 0. The van der Waals surface area contributed by atoms with Crippen LogP contribution in [-0.2, 0) is 0 Å². The lowest BCUT2D eigenvalue weighted by Crippen LogP contribution is -1.93. The number of hydrogen-bond donors (Lipinski definition) is 1. The summed E-state index contributed by atoms with van der Waals surface area (Å²) in [6.07, 6.45) is 0. The standard InChI is InChI=1S/C15H16O4S/c1-3-18-11-5-4-6-12(9-11)20-10(2)13-7-8-14(19-13)15(16)17/h4-10H,3H2,1-2H3,(H,16,17). The molecule has 0 aliphatic carbocycles. The van der Waals surface area contributed by atoms with E-state index in [1.165, 1.54) is 6.07 Å². The van der Waals surface area contributed by atoms with Gasteiger partial charge in [-0.2, -0.15) is 0 Å². The number of rotatable bonds is 6. The van der Waals surface area contributed by atoms with Gasteiger partial charge in [0.25, 0.3) is 0 Å². The van der Waals surface area contributed by atoms with E-state index in [2.05, 4.69) is 0 Å². The van der Waals surface area contributed by atoms with Crippen LogP contribution in [0.5, 0.6) is 5.75 Å². The maximum Gasteiger partial charge on any atom is 0.371 e. The van der Waals surface area contributed by atoms with Gasteiger partial charge < -0.3 is 14.3 Å². The Hall–Kier alpha value is -1.88. The average molecular weight is 292 g/mol. The second-order valence-electron chi connectivity index (χ2n) is 4.18. The molecular weight excluding hydrogens is 276 g/mol. The molecule has 4 nitrogen and oxygen atoms in total. The monoisotopic (exact) mass is 292 g/mol. The van der Waals surface area contributed by atoms with E-state index in [0.29, 0.717) is 12.4 Å². The second kappa shape index (κ2) is 6.52. The van der Waals surface area contributed by atoms with E-state index < -0.39 is 5.97 Å². The molecule has 0 saturated heterocycles. The van der Waals surface area contributed by atoms with Crippen LogP contribution >= 0.6 is 11.8 Å². The summed E-state index contributed by atoms with van der Waals surface area (Å²) in [6.45, 7) is 4.55. The second-order valence-corrected chi connectivity index (χ2v) is 5.59. The van der Waals surface area contributed by atoms with Gasteiger partial charge >= 0.3 is 5.97 Å². The van der Waals surface area contributed by atoms with Gasteiger partial charge in [0.1, 0.15) is 11.5 Å². The van der Waals surface area contributed by atoms with Crippen molar-refractivity contribution in [2.45, 2.75) is 24.0 Å². The lowest BCUT2D eigenvalue weighted by Gasteiger charge is -2.10. The highest BCUT2D eigenvalue weighted by Crippen LogP contribution is 2.36. The summed E-state index contributed by atoms with van der Waals surface area (Å²) in [5, 5.41) is 8.88. The molecule has 0 saturated carbocycles. The van der Waals surface area contributed by atoms with Crippen molar-refractivity contribution in [3.05, 3.63) is 47.9 Å². The van der Waals surface area contributed by atoms with E-state index in [0.717, 1.165) is 10.6 Å². The van der Waals surface area contributed by atoms with Crippen LogP contribution in [0.4, 0.5) is 0 Å². The summed E-state index contributed by atoms with van der Waals surface area (Å²) in [6, 6.07) is 11.0. The molecule has 0 amide bonds. The third kappa shape index (κ3) is 3.57. The summed E-state index contributed by atoms with van der Waals surface area (Å²) < 4.78 is 10.8. The minimum absolute atomic E-state index is 0.0278. The first-order chi connectivity index (χ1) is 9.60. The number of hydrogen-bond acceptors (Lipinski definition) is 4. The lowest BCUT2D eigenvalue weighted by atomic mass is 10.3. The topological polar surface area (TPSA) is 59.7 Å². The predicted octanol–water partition coefficient (Wildman–Crippen LogP) is 4.23. The number of carbonyl (C=O) groups is 1. The minimum Gasteiger partial charge on any atom is -0.494 e. The number of thioether (sulfide) groups is 1. The van der Waals surface area contributed by atoms with Crippen molar-refractivity contribution in [2.24, 2.45) is 0 Å². The summed E-state index contributed by atoms with van der Waals surface area (Å²) in [5.74, 6) is 0.395. The number of aromatic carboxylic acids is 1. The van der Waals surface area contributed by atoms with Crippen molar-refractivity contribution in [1.29, 1.82) is 0 Å². The Bertz CT molecular complexity index is 591. The molecule has 20 heavy (non-hydrogen) atoms. The number of benzene rings is 1. The van der Waals surface area contributed by atoms with Gasteiger partial charge in [-0.05, 0) is 44.2 Å². The molecule has 0 aliphatic rings. The molecule has 1 unspecified atom stereocenters. The zero-order chi connectivity index (χ0) is 14.5. The van der Waals surface area contributed by atoms with Crippen LogP contribution in [0.2, 0.25) is 0 Å². The van der Waals surface area contributed by atoms with Gasteiger partial charge in [-0.3, -0.25) is 0 Å². The van der Waals surface area contributed by atoms with E-state index in [-0.39, 0.29) is 11.0 Å². The molecule has 1 atom stereocenters. The molecule has 0 aliphatic heterocycles. The zero-order valence-corrected chi connectivity index (χ0v) is 12.1. The molecule has 0 bridgehead atoms. The van der Waals surface area contributed by atoms with Crippen molar-refractivity contribution in [2.75, 3.05) is 6.61 Å². The fraction of sp³-hybridized carbons (Fsp3) is 0.267. The van der Waals surface area contributed by atoms with Gasteiger partial charge in [0.05, 0.1) is 11.9 Å². The van der Waals surface area contributed by atoms with Crippen molar-refractivity contribution in [3.8, 4) is 5.75 Å². The Morgan fingerprint density at radius 3 is 2.85 bits per heavy atom. The fourth-order valence-corrected chi connectivity index (χ4v) is 2.74.